The third kappa shape index (κ3) is 4.37. The molecule has 1 saturated heterocycles. The molecule has 1 aliphatic heterocycles. The Morgan fingerprint density at radius 3 is 2.79 bits per heavy atom. The van der Waals surface area contributed by atoms with Gasteiger partial charge >= 0.3 is 0 Å². The fourth-order valence-corrected chi connectivity index (χ4v) is 3.53. The van der Waals surface area contributed by atoms with E-state index in [1.807, 2.05) is 6.07 Å². The molecule has 1 aromatic heterocycles. The van der Waals surface area contributed by atoms with Gasteiger partial charge in [0.25, 0.3) is 0 Å². The molecule has 0 unspecified atom stereocenters. The highest BCUT2D eigenvalue weighted by Gasteiger charge is 2.22. The summed E-state index contributed by atoms with van der Waals surface area (Å²) < 4.78 is 26.4. The third-order valence-corrected chi connectivity index (χ3v) is 4.94. The molecule has 0 saturated carbocycles. The predicted octanol–water partition coefficient (Wildman–Crippen LogP) is 3.05. The molecule has 28 heavy (non-hydrogen) atoms. The second kappa shape index (κ2) is 8.50. The number of hydrogen-bond acceptors (Lipinski definition) is 5. The van der Waals surface area contributed by atoms with E-state index in [9.17, 15) is 4.39 Å². The minimum absolute atomic E-state index is 0.0396. The molecule has 0 N–H and O–H groups in total. The molecule has 7 heteroatoms. The highest BCUT2D eigenvalue weighted by atomic mass is 19.1. The normalized spacial score (nSPS) is 17.6. The molecule has 0 spiro atoms. The number of morpholine rings is 1. The number of rotatable bonds is 6. The summed E-state index contributed by atoms with van der Waals surface area (Å²) in [5, 5.41) is 4.18. The van der Waals surface area contributed by atoms with Gasteiger partial charge in [-0.05, 0) is 35.4 Å². The third-order valence-electron chi connectivity index (χ3n) is 4.94. The van der Waals surface area contributed by atoms with Crippen LogP contribution >= 0.6 is 0 Å². The fraction of sp³-hybridized carbons (Fsp3) is 0.333. The maximum Gasteiger partial charge on any atom is 0.137 e. The van der Waals surface area contributed by atoms with E-state index < -0.39 is 0 Å². The van der Waals surface area contributed by atoms with E-state index in [-0.39, 0.29) is 11.9 Å². The van der Waals surface area contributed by atoms with E-state index >= 15 is 0 Å². The van der Waals surface area contributed by atoms with E-state index in [0.717, 1.165) is 36.5 Å². The van der Waals surface area contributed by atoms with Crippen LogP contribution in [0.4, 0.5) is 4.39 Å². The summed E-state index contributed by atoms with van der Waals surface area (Å²) in [7, 11) is 1.68. The van der Waals surface area contributed by atoms with Gasteiger partial charge < -0.3 is 9.47 Å². The smallest absolute Gasteiger partial charge is 0.137 e. The number of nitrogens with zero attached hydrogens (tertiary/aromatic N) is 4. The van der Waals surface area contributed by atoms with Crippen LogP contribution in [-0.2, 0) is 17.8 Å². The molecule has 4 rings (SSSR count). The first-order chi connectivity index (χ1) is 13.7. The van der Waals surface area contributed by atoms with Crippen molar-refractivity contribution >= 4 is 0 Å². The van der Waals surface area contributed by atoms with E-state index in [2.05, 4.69) is 27.1 Å². The molecule has 3 aromatic rings. The first-order valence-electron chi connectivity index (χ1n) is 9.29. The van der Waals surface area contributed by atoms with Crippen molar-refractivity contribution in [2.75, 3.05) is 26.8 Å². The minimum Gasteiger partial charge on any atom is -0.496 e. The van der Waals surface area contributed by atoms with Crippen LogP contribution in [0.1, 0.15) is 22.8 Å². The Labute approximate surface area is 163 Å². The predicted molar refractivity (Wildman–Crippen MR) is 102 cm³/mol. The van der Waals surface area contributed by atoms with E-state index in [1.165, 1.54) is 24.0 Å². The van der Waals surface area contributed by atoms with Crippen molar-refractivity contribution < 1.29 is 13.9 Å². The van der Waals surface area contributed by atoms with Crippen molar-refractivity contribution in [2.24, 2.45) is 0 Å². The van der Waals surface area contributed by atoms with Crippen molar-refractivity contribution in [2.45, 2.75) is 19.2 Å². The first kappa shape index (κ1) is 18.6. The Kier molecular flexibility index (Phi) is 5.64. The molecular weight excluding hydrogens is 359 g/mol. The topological polar surface area (TPSA) is 52.4 Å². The van der Waals surface area contributed by atoms with Crippen LogP contribution in [0.25, 0.3) is 0 Å². The SMILES string of the molecule is COc1ccc(CN2CCO[C@H](c3ccc(F)cc3)C2)cc1Cn1cncn1. The van der Waals surface area contributed by atoms with Gasteiger partial charge in [-0.1, -0.05) is 18.2 Å². The Hall–Kier alpha value is -2.77. The van der Waals surface area contributed by atoms with Crippen LogP contribution in [0.2, 0.25) is 0 Å². The Balaban J connectivity index is 1.46. The summed E-state index contributed by atoms with van der Waals surface area (Å²) in [5.74, 6) is 0.611. The standard InChI is InChI=1S/C21H23FN4O2/c1-27-20-7-2-16(10-18(20)12-26-15-23-14-24-26)11-25-8-9-28-21(13-25)17-3-5-19(22)6-4-17/h2-7,10,14-15,21H,8-9,11-13H2,1H3/t21-/m0/s1. The lowest BCUT2D eigenvalue weighted by Crippen LogP contribution is -2.37. The largest absolute Gasteiger partial charge is 0.496 e. The fourth-order valence-electron chi connectivity index (χ4n) is 3.53. The van der Waals surface area contributed by atoms with Gasteiger partial charge in [0.05, 0.1) is 26.4 Å². The molecule has 1 fully saturated rings. The number of halogens is 1. The van der Waals surface area contributed by atoms with Gasteiger partial charge in [0, 0.05) is 25.2 Å². The zero-order valence-electron chi connectivity index (χ0n) is 15.8. The van der Waals surface area contributed by atoms with Crippen LogP contribution in [0, 0.1) is 5.82 Å². The summed E-state index contributed by atoms with van der Waals surface area (Å²) >= 11 is 0. The van der Waals surface area contributed by atoms with Crippen LogP contribution in [0.15, 0.2) is 55.1 Å². The lowest BCUT2D eigenvalue weighted by molar-refractivity contribution is -0.0329. The molecule has 0 bridgehead atoms. The van der Waals surface area contributed by atoms with Gasteiger partial charge in [-0.3, -0.25) is 4.90 Å². The van der Waals surface area contributed by atoms with Crippen LogP contribution in [0.5, 0.6) is 5.75 Å². The molecule has 0 radical (unpaired) electrons. The number of benzene rings is 2. The molecule has 1 aliphatic rings. The zero-order chi connectivity index (χ0) is 19.3. The van der Waals surface area contributed by atoms with Crippen molar-refractivity contribution in [3.63, 3.8) is 0 Å². The summed E-state index contributed by atoms with van der Waals surface area (Å²) in [6.45, 7) is 3.72. The zero-order valence-corrected chi connectivity index (χ0v) is 15.8. The molecular formula is C21H23FN4O2. The van der Waals surface area contributed by atoms with Gasteiger partial charge in [-0.15, -0.1) is 0 Å². The highest BCUT2D eigenvalue weighted by Crippen LogP contribution is 2.25. The molecule has 2 aromatic carbocycles. The quantitative estimate of drug-likeness (QED) is 0.656. The van der Waals surface area contributed by atoms with Gasteiger partial charge in [0.15, 0.2) is 0 Å². The Morgan fingerprint density at radius 1 is 1.18 bits per heavy atom. The second-order valence-electron chi connectivity index (χ2n) is 6.89. The molecule has 0 aliphatic carbocycles. The average molecular weight is 382 g/mol. The Bertz CT molecular complexity index is 899. The molecule has 2 heterocycles. The maximum atomic E-state index is 13.2. The van der Waals surface area contributed by atoms with Crippen LogP contribution in [-0.4, -0.2) is 46.5 Å². The van der Waals surface area contributed by atoms with Crippen molar-refractivity contribution in [3.05, 3.63) is 77.6 Å². The number of aromatic nitrogens is 3. The molecule has 1 atom stereocenters. The monoisotopic (exact) mass is 382 g/mol. The van der Waals surface area contributed by atoms with Gasteiger partial charge in [0.1, 0.15) is 24.2 Å². The summed E-state index contributed by atoms with van der Waals surface area (Å²) in [5.41, 5.74) is 3.28. The van der Waals surface area contributed by atoms with Crippen molar-refractivity contribution in [3.8, 4) is 5.75 Å². The van der Waals surface area contributed by atoms with Crippen LogP contribution in [0.3, 0.4) is 0 Å². The minimum atomic E-state index is -0.227. The summed E-state index contributed by atoms with van der Waals surface area (Å²) in [6, 6.07) is 12.8. The highest BCUT2D eigenvalue weighted by molar-refractivity contribution is 5.37. The van der Waals surface area contributed by atoms with Gasteiger partial charge in [-0.25, -0.2) is 14.1 Å². The summed E-state index contributed by atoms with van der Waals surface area (Å²) in [6.07, 6.45) is 3.18. The lowest BCUT2D eigenvalue weighted by Gasteiger charge is -2.33. The van der Waals surface area contributed by atoms with Crippen LogP contribution < -0.4 is 4.74 Å². The second-order valence-corrected chi connectivity index (χ2v) is 6.89. The van der Waals surface area contributed by atoms with E-state index in [1.54, 1.807) is 30.3 Å². The van der Waals surface area contributed by atoms with Crippen molar-refractivity contribution in [1.29, 1.82) is 0 Å². The van der Waals surface area contributed by atoms with Gasteiger partial charge in [-0.2, -0.15) is 5.10 Å². The average Bonchev–Trinajstić information content (AvgIpc) is 3.22. The Morgan fingerprint density at radius 2 is 2.04 bits per heavy atom. The molecule has 146 valence electrons. The number of hydrogen-bond donors (Lipinski definition) is 0. The number of methoxy groups -OCH3 is 1. The lowest BCUT2D eigenvalue weighted by atomic mass is 10.1. The molecule has 0 amide bonds. The van der Waals surface area contributed by atoms with E-state index in [0.29, 0.717) is 13.2 Å². The van der Waals surface area contributed by atoms with Crippen molar-refractivity contribution in [1.82, 2.24) is 19.7 Å². The first-order valence-corrected chi connectivity index (χ1v) is 9.29. The molecule has 6 nitrogen and oxygen atoms in total. The number of ether oxygens (including phenoxy) is 2. The van der Waals surface area contributed by atoms with Gasteiger partial charge in [0.2, 0.25) is 0 Å². The van der Waals surface area contributed by atoms with E-state index in [4.69, 9.17) is 9.47 Å². The maximum absolute atomic E-state index is 13.2. The summed E-state index contributed by atoms with van der Waals surface area (Å²) in [4.78, 5) is 6.36.